The highest BCUT2D eigenvalue weighted by Crippen LogP contribution is 2.39. The zero-order valence-electron chi connectivity index (χ0n) is 36.2. The molecule has 4 rings (SSSR count). The molecule has 1 aromatic rings. The number of amides is 1. The lowest BCUT2D eigenvalue weighted by Gasteiger charge is -2.47. The standard InChI is InChI=1S/C41H64N4O11S2/c1-14-30-41(9)32(43-37(48)56-41)26(4)45(12)23-24(2)21-40(8,51-13)33(25(3)35(47)57-38(49)53-30)55-36-31(54-34(46)27-18-16-15-17-19-27)29(44(10)11)20-28(52-36)22-42-58(50)39(5,6)7/h15-19,22,24-26,28-33,36H,14,20-21,23H2,1-13H3,(H,43,48)/t24-,25-,26-,28+,29?,30-,31-,32-,33-,36+,40-,41-,58?/m1/s1. The Kier molecular flexibility index (Phi) is 16.3. The maximum Gasteiger partial charge on any atom is 0.408 e. The Balaban J connectivity index is 1.79. The third kappa shape index (κ3) is 11.3. The van der Waals surface area contributed by atoms with Crippen LogP contribution in [-0.2, 0) is 44.6 Å². The van der Waals surface area contributed by atoms with Gasteiger partial charge < -0.3 is 48.1 Å². The molecule has 1 N–H and O–H groups in total. The first-order chi connectivity index (χ1) is 27.0. The van der Waals surface area contributed by atoms with Crippen molar-refractivity contribution in [3.63, 3.8) is 0 Å². The number of carbonyl (C=O) groups excluding carboxylic acids is 4. The van der Waals surface area contributed by atoms with Gasteiger partial charge in [-0.3, -0.25) is 4.79 Å². The normalized spacial score (nSPS) is 36.6. The summed E-state index contributed by atoms with van der Waals surface area (Å²) >= 11 is -1.17. The predicted octanol–water partition coefficient (Wildman–Crippen LogP) is 5.62. The van der Waals surface area contributed by atoms with E-state index in [9.17, 15) is 23.7 Å². The zero-order chi connectivity index (χ0) is 43.3. The summed E-state index contributed by atoms with van der Waals surface area (Å²) in [5.41, 5.74) is -2.06. The minimum atomic E-state index is -1.58. The average molecular weight is 853 g/mol. The van der Waals surface area contributed by atoms with Crippen molar-refractivity contribution < 1.29 is 52.2 Å². The van der Waals surface area contributed by atoms with Gasteiger partial charge in [-0.1, -0.05) is 43.4 Å². The highest BCUT2D eigenvalue weighted by Gasteiger charge is 2.56. The van der Waals surface area contributed by atoms with Crippen LogP contribution in [-0.4, -0.2) is 143 Å². The van der Waals surface area contributed by atoms with Gasteiger partial charge in [-0.05, 0) is 100.0 Å². The van der Waals surface area contributed by atoms with Crippen LogP contribution >= 0.6 is 11.8 Å². The first-order valence-corrected chi connectivity index (χ1v) is 21.8. The van der Waals surface area contributed by atoms with Crippen molar-refractivity contribution >= 4 is 51.8 Å². The summed E-state index contributed by atoms with van der Waals surface area (Å²) in [6, 6.07) is 7.32. The number of benzene rings is 1. The summed E-state index contributed by atoms with van der Waals surface area (Å²) < 4.78 is 54.5. The van der Waals surface area contributed by atoms with Gasteiger partial charge in [-0.2, -0.15) is 0 Å². The van der Waals surface area contributed by atoms with Gasteiger partial charge in [0.05, 0.1) is 41.5 Å². The van der Waals surface area contributed by atoms with Crippen LogP contribution in [0.3, 0.4) is 0 Å². The van der Waals surface area contributed by atoms with Crippen molar-refractivity contribution in [3.05, 3.63) is 35.9 Å². The lowest BCUT2D eigenvalue weighted by Crippen LogP contribution is -2.60. The van der Waals surface area contributed by atoms with Gasteiger partial charge in [0.1, 0.15) is 28.3 Å². The van der Waals surface area contributed by atoms with E-state index in [0.717, 1.165) is 0 Å². The summed E-state index contributed by atoms with van der Waals surface area (Å²) in [6.45, 7) is 17.1. The zero-order valence-corrected chi connectivity index (χ0v) is 37.8. The lowest BCUT2D eigenvalue weighted by molar-refractivity contribution is -0.287. The molecule has 0 saturated carbocycles. The predicted molar refractivity (Wildman–Crippen MR) is 223 cm³/mol. The van der Waals surface area contributed by atoms with Crippen molar-refractivity contribution in [1.29, 1.82) is 0 Å². The molecule has 0 spiro atoms. The molecule has 3 fully saturated rings. The molecular weight excluding hydrogens is 789 g/mol. The first-order valence-electron chi connectivity index (χ1n) is 19.9. The van der Waals surface area contributed by atoms with Gasteiger partial charge >= 0.3 is 17.4 Å². The molecule has 3 aliphatic heterocycles. The molecule has 0 bridgehead atoms. The second-order valence-corrected chi connectivity index (χ2v) is 20.3. The van der Waals surface area contributed by atoms with E-state index in [4.69, 9.17) is 28.4 Å². The van der Waals surface area contributed by atoms with E-state index in [1.54, 1.807) is 51.3 Å². The fraction of sp³-hybridized carbons (Fsp3) is 0.732. The lowest BCUT2D eigenvalue weighted by atomic mass is 9.81. The molecule has 1 aromatic carbocycles. The molecule has 3 saturated heterocycles. The number of alkyl carbamates (subject to hydrolysis) is 1. The van der Waals surface area contributed by atoms with Crippen molar-refractivity contribution in [2.45, 2.75) is 146 Å². The van der Waals surface area contributed by atoms with Gasteiger partial charge in [0.25, 0.3) is 0 Å². The number of thioether (sulfide) groups is 1. The van der Waals surface area contributed by atoms with Gasteiger partial charge in [0.15, 0.2) is 18.0 Å². The van der Waals surface area contributed by atoms with Crippen molar-refractivity contribution in [1.82, 2.24) is 15.1 Å². The molecule has 0 aliphatic carbocycles. The van der Waals surface area contributed by atoms with Gasteiger partial charge in [-0.25, -0.2) is 14.4 Å². The summed E-state index contributed by atoms with van der Waals surface area (Å²) in [6.07, 6.45) is -3.01. The number of likely N-dealkylation sites (N-methyl/N-ethyl adjacent to an activating group) is 2. The fourth-order valence-corrected chi connectivity index (χ4v) is 9.34. The molecule has 58 heavy (non-hydrogen) atoms. The number of esters is 1. The molecular formula is C41H64N4O11S2. The number of rotatable bonds is 9. The van der Waals surface area contributed by atoms with E-state index in [-0.39, 0.29) is 12.0 Å². The Morgan fingerprint density at radius 2 is 1.81 bits per heavy atom. The Hall–Kier alpha value is -2.77. The van der Waals surface area contributed by atoms with Crippen LogP contribution in [0.15, 0.2) is 34.7 Å². The monoisotopic (exact) mass is 852 g/mol. The van der Waals surface area contributed by atoms with E-state index < -0.39 is 98.5 Å². The summed E-state index contributed by atoms with van der Waals surface area (Å²) in [4.78, 5) is 58.2. The SMILES string of the molecule is CC[C@H]1OC(=O)SC(=O)[C@H](C)[C@@H](O[C@@H]2O[C@H](C=N[S+]([O-])C(C)(C)C)CC(N(C)C)[C@H]2OC(=O)c2ccccc2)[C@](C)(OC)C[C@@H](C)CN(C)[C@H](C)[C@H]2NC(=O)O[C@@]21C. The number of cyclic esters (lactones) is 1. The second-order valence-electron chi connectivity index (χ2n) is 17.4. The molecule has 3 aliphatic rings. The highest BCUT2D eigenvalue weighted by molar-refractivity contribution is 8.25. The Labute approximate surface area is 351 Å². The molecule has 3 heterocycles. The van der Waals surface area contributed by atoms with E-state index in [0.29, 0.717) is 43.1 Å². The van der Waals surface area contributed by atoms with Crippen LogP contribution in [0.2, 0.25) is 0 Å². The quantitative estimate of drug-likeness (QED) is 0.140. The van der Waals surface area contributed by atoms with Crippen LogP contribution in [0.1, 0.15) is 91.9 Å². The maximum absolute atomic E-state index is 14.2. The minimum Gasteiger partial charge on any atom is -0.591 e. The topological polar surface area (TPSA) is 178 Å². The maximum atomic E-state index is 14.2. The summed E-state index contributed by atoms with van der Waals surface area (Å²) in [7, 11) is 7.20. The number of ether oxygens (including phenoxy) is 6. The molecule has 1 amide bonds. The molecule has 13 atom stereocenters. The number of hydrogen-bond acceptors (Lipinski definition) is 15. The number of nitrogens with one attached hydrogen (secondary N) is 1. The molecule has 326 valence electrons. The van der Waals surface area contributed by atoms with E-state index in [1.807, 2.05) is 67.6 Å². The van der Waals surface area contributed by atoms with Gasteiger partial charge in [-0.15, -0.1) is 0 Å². The third-order valence-corrected chi connectivity index (χ3v) is 13.7. The number of carbonyl (C=O) groups is 4. The van der Waals surface area contributed by atoms with E-state index >= 15 is 0 Å². The molecule has 2 unspecified atom stereocenters. The number of fused-ring (bicyclic) bond motifs is 1. The third-order valence-electron chi connectivity index (χ3n) is 11.5. The van der Waals surface area contributed by atoms with Crippen LogP contribution in [0, 0.1) is 11.8 Å². The van der Waals surface area contributed by atoms with Crippen LogP contribution < -0.4 is 5.32 Å². The number of methoxy groups -OCH3 is 1. The Morgan fingerprint density at radius 1 is 1.16 bits per heavy atom. The molecule has 0 radical (unpaired) electrons. The van der Waals surface area contributed by atoms with Crippen molar-refractivity contribution in [2.75, 3.05) is 34.8 Å². The second kappa shape index (κ2) is 19.7. The van der Waals surface area contributed by atoms with Crippen molar-refractivity contribution in [2.24, 2.45) is 16.2 Å². The highest BCUT2D eigenvalue weighted by atomic mass is 32.2. The summed E-state index contributed by atoms with van der Waals surface area (Å²) in [5, 5.41) is 1.52. The largest absolute Gasteiger partial charge is 0.591 e. The van der Waals surface area contributed by atoms with E-state index in [1.165, 1.54) is 6.21 Å². The van der Waals surface area contributed by atoms with Gasteiger partial charge in [0, 0.05) is 31.5 Å². The van der Waals surface area contributed by atoms with Crippen LogP contribution in [0.5, 0.6) is 0 Å². The smallest absolute Gasteiger partial charge is 0.408 e. The molecule has 15 nitrogen and oxygen atoms in total. The molecule has 17 heteroatoms. The van der Waals surface area contributed by atoms with Crippen LogP contribution in [0.25, 0.3) is 0 Å². The average Bonchev–Trinajstić information content (AvgIpc) is 3.47. The minimum absolute atomic E-state index is 0.0616. The van der Waals surface area contributed by atoms with Gasteiger partial charge in [0.2, 0.25) is 5.12 Å². The number of hydrogen-bond donors (Lipinski definition) is 1. The van der Waals surface area contributed by atoms with E-state index in [2.05, 4.69) is 21.5 Å². The molecule has 0 aromatic heterocycles. The Morgan fingerprint density at radius 3 is 2.40 bits per heavy atom. The number of nitrogens with zero attached hydrogens (tertiary/aromatic N) is 3. The van der Waals surface area contributed by atoms with Crippen LogP contribution in [0.4, 0.5) is 9.59 Å². The summed E-state index contributed by atoms with van der Waals surface area (Å²) in [5.74, 6) is -1.65. The fourth-order valence-electron chi connectivity index (χ4n) is 8.14. The first kappa shape index (κ1) is 47.9. The van der Waals surface area contributed by atoms with Crippen molar-refractivity contribution in [3.8, 4) is 0 Å². The Bertz CT molecular complexity index is 1620.